The van der Waals surface area contributed by atoms with E-state index in [1.807, 2.05) is 12.4 Å². The van der Waals surface area contributed by atoms with Crippen LogP contribution in [-0.2, 0) is 19.4 Å². The zero-order valence-electron chi connectivity index (χ0n) is 12.2. The van der Waals surface area contributed by atoms with Crippen molar-refractivity contribution in [1.29, 1.82) is 0 Å². The third-order valence-corrected chi connectivity index (χ3v) is 3.83. The van der Waals surface area contributed by atoms with Crippen LogP contribution in [0.2, 0.25) is 0 Å². The topological polar surface area (TPSA) is 88.5 Å². The summed E-state index contributed by atoms with van der Waals surface area (Å²) in [5.41, 5.74) is 1.04. The van der Waals surface area contributed by atoms with E-state index < -0.39 is 0 Å². The van der Waals surface area contributed by atoms with Gasteiger partial charge in [-0.15, -0.1) is 0 Å². The van der Waals surface area contributed by atoms with Gasteiger partial charge < -0.3 is 5.32 Å². The van der Waals surface area contributed by atoms with Gasteiger partial charge in [-0.2, -0.15) is 5.10 Å². The Morgan fingerprint density at radius 3 is 2.95 bits per heavy atom. The third kappa shape index (κ3) is 3.12. The van der Waals surface area contributed by atoms with Crippen LogP contribution in [0.5, 0.6) is 0 Å². The van der Waals surface area contributed by atoms with Crippen LogP contribution in [0.15, 0.2) is 17.2 Å². The summed E-state index contributed by atoms with van der Waals surface area (Å²) in [6.07, 6.45) is 8.43. The van der Waals surface area contributed by atoms with E-state index in [0.717, 1.165) is 43.5 Å². The van der Waals surface area contributed by atoms with E-state index in [1.54, 1.807) is 4.57 Å². The second kappa shape index (κ2) is 6.07. The predicted molar refractivity (Wildman–Crippen MR) is 79.2 cm³/mol. The number of nitrogens with zero attached hydrogens (tertiary/aromatic N) is 4. The summed E-state index contributed by atoms with van der Waals surface area (Å²) in [5, 5.41) is 9.92. The fraction of sp³-hybridized carbons (Fsp3) is 0.571. The second-order valence-electron chi connectivity index (χ2n) is 5.43. The number of rotatable bonds is 4. The van der Waals surface area contributed by atoms with Gasteiger partial charge in [0.1, 0.15) is 5.82 Å². The van der Waals surface area contributed by atoms with Crippen LogP contribution in [0.25, 0.3) is 0 Å². The largest absolute Gasteiger partial charge is 0.351 e. The van der Waals surface area contributed by atoms with Crippen LogP contribution in [0, 0.1) is 0 Å². The average molecular weight is 288 g/mol. The first-order valence-corrected chi connectivity index (χ1v) is 7.48. The lowest BCUT2D eigenvalue weighted by molar-refractivity contribution is 0.570. The lowest BCUT2D eigenvalue weighted by Gasteiger charge is -2.15. The van der Waals surface area contributed by atoms with Gasteiger partial charge in [0.25, 0.3) is 0 Å². The molecule has 0 radical (unpaired) electrons. The van der Waals surface area contributed by atoms with Crippen molar-refractivity contribution in [2.75, 3.05) is 5.32 Å². The highest BCUT2D eigenvalue weighted by atomic mass is 16.1. The molecule has 7 nitrogen and oxygen atoms in total. The molecule has 0 saturated heterocycles. The van der Waals surface area contributed by atoms with Crippen molar-refractivity contribution in [3.8, 4) is 0 Å². The Balaban J connectivity index is 1.62. The minimum Gasteiger partial charge on any atom is -0.351 e. The van der Waals surface area contributed by atoms with Crippen LogP contribution < -0.4 is 11.0 Å². The Morgan fingerprint density at radius 2 is 2.19 bits per heavy atom. The summed E-state index contributed by atoms with van der Waals surface area (Å²) in [6, 6.07) is 0.267. The number of aromatic nitrogens is 5. The number of fused-ring (bicyclic) bond motifs is 1. The SMILES string of the molecule is CCCc1cnc(NC2CCc3n[nH]c(=O)n3CC2)nc1. The van der Waals surface area contributed by atoms with Gasteiger partial charge in [0.15, 0.2) is 0 Å². The molecule has 1 aliphatic heterocycles. The lowest BCUT2D eigenvalue weighted by Crippen LogP contribution is -2.23. The van der Waals surface area contributed by atoms with E-state index >= 15 is 0 Å². The van der Waals surface area contributed by atoms with Gasteiger partial charge in [-0.25, -0.2) is 19.9 Å². The van der Waals surface area contributed by atoms with Crippen molar-refractivity contribution in [2.24, 2.45) is 0 Å². The maximum Gasteiger partial charge on any atom is 0.343 e. The molecule has 2 N–H and O–H groups in total. The maximum absolute atomic E-state index is 11.6. The quantitative estimate of drug-likeness (QED) is 0.880. The van der Waals surface area contributed by atoms with Crippen molar-refractivity contribution < 1.29 is 0 Å². The molecule has 1 aliphatic rings. The number of aryl methyl sites for hydroxylation is 2. The van der Waals surface area contributed by atoms with Crippen LogP contribution in [0.4, 0.5) is 5.95 Å². The highest BCUT2D eigenvalue weighted by molar-refractivity contribution is 5.26. The van der Waals surface area contributed by atoms with Gasteiger partial charge in [0.05, 0.1) is 0 Å². The first kappa shape index (κ1) is 13.8. The molecule has 21 heavy (non-hydrogen) atoms. The summed E-state index contributed by atoms with van der Waals surface area (Å²) in [5.74, 6) is 1.50. The van der Waals surface area contributed by atoms with Crippen molar-refractivity contribution >= 4 is 5.95 Å². The molecule has 2 aromatic rings. The zero-order chi connectivity index (χ0) is 14.7. The smallest absolute Gasteiger partial charge is 0.343 e. The Labute approximate surface area is 122 Å². The number of hydrogen-bond acceptors (Lipinski definition) is 5. The van der Waals surface area contributed by atoms with Crippen molar-refractivity contribution in [1.82, 2.24) is 24.7 Å². The van der Waals surface area contributed by atoms with Gasteiger partial charge in [-0.1, -0.05) is 13.3 Å². The van der Waals surface area contributed by atoms with Crippen LogP contribution in [0.3, 0.4) is 0 Å². The summed E-state index contributed by atoms with van der Waals surface area (Å²) < 4.78 is 1.72. The van der Waals surface area contributed by atoms with Gasteiger partial charge in [0, 0.05) is 31.4 Å². The third-order valence-electron chi connectivity index (χ3n) is 3.83. The lowest BCUT2D eigenvalue weighted by atomic mass is 10.1. The summed E-state index contributed by atoms with van der Waals surface area (Å²) >= 11 is 0. The Kier molecular flexibility index (Phi) is 3.98. The van der Waals surface area contributed by atoms with Gasteiger partial charge in [0.2, 0.25) is 5.95 Å². The Bertz CT molecular complexity index is 644. The first-order valence-electron chi connectivity index (χ1n) is 7.48. The molecule has 2 aromatic heterocycles. The summed E-state index contributed by atoms with van der Waals surface area (Å²) in [6.45, 7) is 2.82. The molecule has 7 heteroatoms. The van der Waals surface area contributed by atoms with Gasteiger partial charge in [-0.05, 0) is 24.8 Å². The fourth-order valence-electron chi connectivity index (χ4n) is 2.68. The molecule has 0 fully saturated rings. The zero-order valence-corrected chi connectivity index (χ0v) is 12.2. The molecule has 1 atom stereocenters. The number of nitrogens with one attached hydrogen (secondary N) is 2. The second-order valence-corrected chi connectivity index (χ2v) is 5.43. The number of aromatic amines is 1. The molecule has 0 aliphatic carbocycles. The van der Waals surface area contributed by atoms with Crippen LogP contribution >= 0.6 is 0 Å². The fourth-order valence-corrected chi connectivity index (χ4v) is 2.68. The summed E-state index contributed by atoms with van der Waals surface area (Å²) in [7, 11) is 0. The molecule has 0 aromatic carbocycles. The molecule has 3 heterocycles. The van der Waals surface area contributed by atoms with E-state index in [0.29, 0.717) is 12.5 Å². The van der Waals surface area contributed by atoms with Crippen molar-refractivity contribution in [2.45, 2.75) is 51.6 Å². The number of H-pyrrole nitrogens is 1. The highest BCUT2D eigenvalue weighted by Gasteiger charge is 2.19. The Hall–Kier alpha value is -2.18. The van der Waals surface area contributed by atoms with E-state index in [4.69, 9.17) is 0 Å². The molecule has 0 bridgehead atoms. The molecule has 1 unspecified atom stereocenters. The highest BCUT2D eigenvalue weighted by Crippen LogP contribution is 2.14. The number of hydrogen-bond donors (Lipinski definition) is 2. The average Bonchev–Trinajstić information content (AvgIpc) is 2.72. The maximum atomic E-state index is 11.6. The van der Waals surface area contributed by atoms with Gasteiger partial charge in [-0.3, -0.25) is 4.57 Å². The van der Waals surface area contributed by atoms with E-state index in [2.05, 4.69) is 32.4 Å². The molecule has 112 valence electrons. The molecular formula is C14H20N6O. The van der Waals surface area contributed by atoms with Gasteiger partial charge >= 0.3 is 5.69 Å². The molecule has 3 rings (SSSR count). The van der Waals surface area contributed by atoms with E-state index in [-0.39, 0.29) is 11.7 Å². The first-order chi connectivity index (χ1) is 10.3. The van der Waals surface area contributed by atoms with E-state index in [1.165, 1.54) is 0 Å². The monoisotopic (exact) mass is 288 g/mol. The Morgan fingerprint density at radius 1 is 1.38 bits per heavy atom. The normalized spacial score (nSPS) is 18.0. The minimum absolute atomic E-state index is 0.120. The molecular weight excluding hydrogens is 268 g/mol. The molecule has 0 spiro atoms. The van der Waals surface area contributed by atoms with Crippen molar-refractivity contribution in [3.63, 3.8) is 0 Å². The minimum atomic E-state index is -0.120. The summed E-state index contributed by atoms with van der Waals surface area (Å²) in [4.78, 5) is 20.3. The van der Waals surface area contributed by atoms with Crippen molar-refractivity contribution in [3.05, 3.63) is 34.3 Å². The molecule has 0 amide bonds. The van der Waals surface area contributed by atoms with Crippen LogP contribution in [0.1, 0.15) is 37.6 Å². The van der Waals surface area contributed by atoms with Crippen LogP contribution in [-0.4, -0.2) is 30.8 Å². The molecule has 0 saturated carbocycles. The predicted octanol–water partition coefficient (Wildman–Crippen LogP) is 1.13. The standard InChI is InChI=1S/C14H20N6O/c1-2-3-10-8-15-13(16-9-10)17-11-4-5-12-18-19-14(21)20(12)7-6-11/h8-9,11H,2-7H2,1H3,(H,19,21)(H,15,16,17). The van der Waals surface area contributed by atoms with E-state index in [9.17, 15) is 4.79 Å². The number of anilines is 1.